The van der Waals surface area contributed by atoms with Gasteiger partial charge in [-0.05, 0) is 36.0 Å². The Hall–Kier alpha value is -0.490. The van der Waals surface area contributed by atoms with Crippen LogP contribution in [-0.4, -0.2) is 0 Å². The Bertz CT molecular complexity index is 319. The molecule has 0 saturated heterocycles. The minimum atomic E-state index is 0.182. The first-order valence-corrected chi connectivity index (χ1v) is 4.98. The lowest BCUT2D eigenvalue weighted by atomic mass is 9.83. The quantitative estimate of drug-likeness (QED) is 0.582. The van der Waals surface area contributed by atoms with E-state index in [0.717, 1.165) is 10.6 Å². The van der Waals surface area contributed by atoms with Crippen LogP contribution in [0.4, 0.5) is 0 Å². The predicted octanol–water partition coefficient (Wildman–Crippen LogP) is 4.25. The maximum atomic E-state index is 6.19. The van der Waals surface area contributed by atoms with Gasteiger partial charge in [-0.2, -0.15) is 0 Å². The second-order valence-electron chi connectivity index (χ2n) is 4.62. The third kappa shape index (κ3) is 2.05. The molecule has 0 bridgehead atoms. The summed E-state index contributed by atoms with van der Waals surface area (Å²) < 4.78 is 0. The van der Waals surface area contributed by atoms with Gasteiger partial charge in [-0.15, -0.1) is 0 Å². The molecule has 0 atom stereocenters. The normalized spacial score (nSPS) is 11.8. The van der Waals surface area contributed by atoms with Gasteiger partial charge >= 0.3 is 0 Å². The smallest absolute Gasteiger partial charge is 0.0467 e. The molecular weight excluding hydrogens is 180 g/mol. The van der Waals surface area contributed by atoms with Crippen molar-refractivity contribution in [3.63, 3.8) is 0 Å². The number of hydrogen-bond donors (Lipinski definition) is 0. The predicted molar refractivity (Wildman–Crippen MR) is 59.6 cm³/mol. The maximum Gasteiger partial charge on any atom is 0.0467 e. The van der Waals surface area contributed by atoms with Crippen molar-refractivity contribution in [2.24, 2.45) is 0 Å². The molecule has 13 heavy (non-hydrogen) atoms. The van der Waals surface area contributed by atoms with Crippen molar-refractivity contribution in [3.8, 4) is 0 Å². The Morgan fingerprint density at radius 2 is 1.62 bits per heavy atom. The van der Waals surface area contributed by atoms with Gasteiger partial charge in [0.1, 0.15) is 0 Å². The van der Waals surface area contributed by atoms with Crippen molar-refractivity contribution in [1.82, 2.24) is 0 Å². The van der Waals surface area contributed by atoms with Crippen LogP contribution < -0.4 is 0 Å². The van der Waals surface area contributed by atoms with E-state index >= 15 is 0 Å². The third-order valence-electron chi connectivity index (χ3n) is 2.39. The fourth-order valence-electron chi connectivity index (χ4n) is 1.63. The molecule has 0 aliphatic carbocycles. The zero-order valence-corrected chi connectivity index (χ0v) is 9.79. The van der Waals surface area contributed by atoms with Crippen LogP contribution in [-0.2, 0) is 5.41 Å². The van der Waals surface area contributed by atoms with E-state index in [0.29, 0.717) is 0 Å². The molecule has 0 aliphatic heterocycles. The zero-order valence-electron chi connectivity index (χ0n) is 9.03. The van der Waals surface area contributed by atoms with Gasteiger partial charge in [-0.25, -0.2) is 0 Å². The Balaban J connectivity index is 3.35. The van der Waals surface area contributed by atoms with Crippen molar-refractivity contribution in [2.75, 3.05) is 0 Å². The molecule has 0 aliphatic rings. The number of rotatable bonds is 0. The lowest BCUT2D eigenvalue weighted by Gasteiger charge is -2.22. The monoisotopic (exact) mass is 196 g/mol. The van der Waals surface area contributed by atoms with Gasteiger partial charge in [0, 0.05) is 5.02 Å². The van der Waals surface area contributed by atoms with Gasteiger partial charge in [0.25, 0.3) is 0 Å². The summed E-state index contributed by atoms with van der Waals surface area (Å²) in [6.45, 7) is 10.8. The summed E-state index contributed by atoms with van der Waals surface area (Å²) in [6.07, 6.45) is 0. The highest BCUT2D eigenvalue weighted by molar-refractivity contribution is 6.32. The molecule has 0 fully saturated rings. The van der Waals surface area contributed by atoms with Gasteiger partial charge < -0.3 is 0 Å². The fourth-order valence-corrected chi connectivity index (χ4v) is 1.80. The van der Waals surface area contributed by atoms with Gasteiger partial charge in [0.2, 0.25) is 0 Å². The number of benzene rings is 1. The lowest BCUT2D eigenvalue weighted by molar-refractivity contribution is 0.586. The molecule has 0 radical (unpaired) electrons. The summed E-state index contributed by atoms with van der Waals surface area (Å²) in [6, 6.07) is 4.27. The van der Waals surface area contributed by atoms with Crippen LogP contribution in [0.25, 0.3) is 0 Å². The van der Waals surface area contributed by atoms with Crippen molar-refractivity contribution in [3.05, 3.63) is 33.8 Å². The van der Waals surface area contributed by atoms with E-state index in [1.165, 1.54) is 11.1 Å². The molecule has 1 aromatic rings. The first-order valence-electron chi connectivity index (χ1n) is 4.60. The first kappa shape index (κ1) is 10.6. The van der Waals surface area contributed by atoms with Crippen LogP contribution >= 0.6 is 11.6 Å². The van der Waals surface area contributed by atoms with E-state index in [4.69, 9.17) is 11.6 Å². The Morgan fingerprint density at radius 1 is 1.08 bits per heavy atom. The zero-order chi connectivity index (χ0) is 10.2. The average Bonchev–Trinajstić information content (AvgIpc) is 1.98. The van der Waals surface area contributed by atoms with Crippen LogP contribution in [0.5, 0.6) is 0 Å². The highest BCUT2D eigenvalue weighted by Crippen LogP contribution is 2.31. The van der Waals surface area contributed by atoms with E-state index in [1.807, 2.05) is 6.92 Å². The van der Waals surface area contributed by atoms with Crippen LogP contribution in [0.1, 0.15) is 37.5 Å². The van der Waals surface area contributed by atoms with Crippen LogP contribution in [0.15, 0.2) is 12.1 Å². The number of hydrogen-bond acceptors (Lipinski definition) is 0. The molecule has 1 heteroatoms. The molecule has 0 amide bonds. The van der Waals surface area contributed by atoms with Gasteiger partial charge in [-0.1, -0.05) is 44.5 Å². The Morgan fingerprint density at radius 3 is 2.08 bits per heavy atom. The lowest BCUT2D eigenvalue weighted by Crippen LogP contribution is -2.13. The molecule has 0 N–H and O–H groups in total. The standard InChI is InChI=1S/C12H17Cl/c1-8-6-7-10(12(3,4)5)9(2)11(8)13/h6-7H,1-5H3. The van der Waals surface area contributed by atoms with Crippen LogP contribution in [0.3, 0.4) is 0 Å². The summed E-state index contributed by atoms with van der Waals surface area (Å²) in [7, 11) is 0. The van der Waals surface area contributed by atoms with Crippen molar-refractivity contribution in [2.45, 2.75) is 40.0 Å². The molecule has 0 aromatic heterocycles. The van der Waals surface area contributed by atoms with E-state index in [1.54, 1.807) is 0 Å². The van der Waals surface area contributed by atoms with E-state index in [2.05, 4.69) is 39.8 Å². The maximum absolute atomic E-state index is 6.19. The number of halogens is 1. The topological polar surface area (TPSA) is 0 Å². The number of aryl methyl sites for hydroxylation is 1. The van der Waals surface area contributed by atoms with Crippen molar-refractivity contribution < 1.29 is 0 Å². The molecule has 1 rings (SSSR count). The summed E-state index contributed by atoms with van der Waals surface area (Å²) in [4.78, 5) is 0. The SMILES string of the molecule is Cc1ccc(C(C)(C)C)c(C)c1Cl. The van der Waals surface area contributed by atoms with Gasteiger partial charge in [0.15, 0.2) is 0 Å². The Kier molecular flexibility index (Phi) is 2.72. The van der Waals surface area contributed by atoms with Crippen LogP contribution in [0, 0.1) is 13.8 Å². The van der Waals surface area contributed by atoms with E-state index in [9.17, 15) is 0 Å². The van der Waals surface area contributed by atoms with Crippen LogP contribution in [0.2, 0.25) is 5.02 Å². The highest BCUT2D eigenvalue weighted by Gasteiger charge is 2.17. The van der Waals surface area contributed by atoms with Crippen molar-refractivity contribution in [1.29, 1.82) is 0 Å². The summed E-state index contributed by atoms with van der Waals surface area (Å²) in [5.74, 6) is 0. The average molecular weight is 197 g/mol. The Labute approximate surface area is 85.9 Å². The fraction of sp³-hybridized carbons (Fsp3) is 0.500. The molecule has 0 spiro atoms. The van der Waals surface area contributed by atoms with Gasteiger partial charge in [0.05, 0.1) is 0 Å². The minimum absolute atomic E-state index is 0.182. The second kappa shape index (κ2) is 3.34. The molecule has 72 valence electrons. The molecule has 0 nitrogen and oxygen atoms in total. The first-order chi connectivity index (χ1) is 5.84. The highest BCUT2D eigenvalue weighted by atomic mass is 35.5. The largest absolute Gasteiger partial charge is 0.0838 e. The summed E-state index contributed by atoms with van der Waals surface area (Å²) in [5, 5.41) is 0.910. The molecule has 0 unspecified atom stereocenters. The molecular formula is C12H17Cl. The summed E-state index contributed by atoms with van der Waals surface area (Å²) in [5.41, 5.74) is 3.89. The summed E-state index contributed by atoms with van der Waals surface area (Å²) >= 11 is 6.19. The molecule has 0 saturated carbocycles. The molecule has 0 heterocycles. The van der Waals surface area contributed by atoms with Gasteiger partial charge in [-0.3, -0.25) is 0 Å². The van der Waals surface area contributed by atoms with Crippen molar-refractivity contribution >= 4 is 11.6 Å². The second-order valence-corrected chi connectivity index (χ2v) is 5.00. The molecule has 1 aromatic carbocycles. The van der Waals surface area contributed by atoms with E-state index < -0.39 is 0 Å². The third-order valence-corrected chi connectivity index (χ3v) is 2.97. The van der Waals surface area contributed by atoms with E-state index in [-0.39, 0.29) is 5.41 Å². The minimum Gasteiger partial charge on any atom is -0.0838 e.